The molecule has 18 heavy (non-hydrogen) atoms. The van der Waals surface area contributed by atoms with Crippen LogP contribution in [-0.2, 0) is 10.0 Å². The molecule has 0 aliphatic rings. The molecule has 2 aromatic rings. The summed E-state index contributed by atoms with van der Waals surface area (Å²) in [6, 6.07) is 2.41. The standard InChI is InChI=1S/C10H8BrFN2O2S2/c1-6-2-10(9(12)3-8(6)11)18(15,16)14-7-4-13-17-5-7/h2-5,14H,1H3. The van der Waals surface area contributed by atoms with Crippen molar-refractivity contribution in [1.82, 2.24) is 4.37 Å². The molecule has 0 fully saturated rings. The maximum absolute atomic E-state index is 13.7. The van der Waals surface area contributed by atoms with E-state index in [0.29, 0.717) is 15.7 Å². The summed E-state index contributed by atoms with van der Waals surface area (Å²) in [5, 5.41) is 1.53. The minimum atomic E-state index is -3.93. The lowest BCUT2D eigenvalue weighted by molar-refractivity contribution is 0.569. The van der Waals surface area contributed by atoms with E-state index in [1.54, 1.807) is 6.92 Å². The average molecular weight is 351 g/mol. The first-order valence-electron chi connectivity index (χ1n) is 4.78. The number of anilines is 1. The zero-order chi connectivity index (χ0) is 13.3. The summed E-state index contributed by atoms with van der Waals surface area (Å²) in [5.74, 6) is -0.803. The Bertz CT molecular complexity index is 671. The second-order valence-corrected chi connectivity index (χ2v) is 6.71. The lowest BCUT2D eigenvalue weighted by Crippen LogP contribution is -2.14. The van der Waals surface area contributed by atoms with Gasteiger partial charge >= 0.3 is 0 Å². The fraction of sp³-hybridized carbons (Fsp3) is 0.100. The molecule has 0 atom stereocenters. The number of hydrogen-bond donors (Lipinski definition) is 1. The van der Waals surface area contributed by atoms with Crippen LogP contribution in [-0.4, -0.2) is 12.8 Å². The van der Waals surface area contributed by atoms with Crippen LogP contribution in [0.1, 0.15) is 5.56 Å². The normalized spacial score (nSPS) is 11.5. The van der Waals surface area contributed by atoms with Gasteiger partial charge in [0.25, 0.3) is 10.0 Å². The van der Waals surface area contributed by atoms with Gasteiger partial charge in [0.15, 0.2) is 0 Å². The molecule has 8 heteroatoms. The maximum atomic E-state index is 13.7. The van der Waals surface area contributed by atoms with Crippen LogP contribution in [0, 0.1) is 12.7 Å². The quantitative estimate of drug-likeness (QED) is 0.924. The summed E-state index contributed by atoms with van der Waals surface area (Å²) in [6.45, 7) is 1.69. The first kappa shape index (κ1) is 13.4. The van der Waals surface area contributed by atoms with Crippen molar-refractivity contribution in [2.45, 2.75) is 11.8 Å². The van der Waals surface area contributed by atoms with E-state index in [9.17, 15) is 12.8 Å². The number of hydrogen-bond acceptors (Lipinski definition) is 4. The van der Waals surface area contributed by atoms with Crippen molar-refractivity contribution in [2.75, 3.05) is 4.72 Å². The predicted molar refractivity (Wildman–Crippen MR) is 71.8 cm³/mol. The molecule has 0 radical (unpaired) electrons. The van der Waals surface area contributed by atoms with Gasteiger partial charge in [-0.15, -0.1) is 0 Å². The van der Waals surface area contributed by atoms with Gasteiger partial charge in [0.05, 0.1) is 11.9 Å². The van der Waals surface area contributed by atoms with E-state index in [1.165, 1.54) is 17.6 Å². The molecule has 0 aliphatic carbocycles. The maximum Gasteiger partial charge on any atom is 0.264 e. The smallest absolute Gasteiger partial charge is 0.264 e. The first-order chi connectivity index (χ1) is 8.40. The van der Waals surface area contributed by atoms with Crippen LogP contribution in [0.3, 0.4) is 0 Å². The van der Waals surface area contributed by atoms with Crippen LogP contribution in [0.25, 0.3) is 0 Å². The molecule has 0 spiro atoms. The fourth-order valence-electron chi connectivity index (χ4n) is 1.30. The van der Waals surface area contributed by atoms with Gasteiger partial charge in [0.2, 0.25) is 0 Å². The van der Waals surface area contributed by atoms with E-state index in [4.69, 9.17) is 0 Å². The molecular weight excluding hydrogens is 343 g/mol. The number of sulfonamides is 1. The summed E-state index contributed by atoms with van der Waals surface area (Å²) in [4.78, 5) is -0.380. The molecule has 2 rings (SSSR count). The highest BCUT2D eigenvalue weighted by Gasteiger charge is 2.20. The highest BCUT2D eigenvalue weighted by molar-refractivity contribution is 9.10. The van der Waals surface area contributed by atoms with Gasteiger partial charge < -0.3 is 0 Å². The van der Waals surface area contributed by atoms with Crippen LogP contribution in [0.2, 0.25) is 0 Å². The fourth-order valence-corrected chi connectivity index (χ4v) is 3.34. The molecule has 0 amide bonds. The Hall–Kier alpha value is -0.990. The molecule has 1 N–H and O–H groups in total. The SMILES string of the molecule is Cc1cc(S(=O)(=O)Nc2cnsc2)c(F)cc1Br. The zero-order valence-electron chi connectivity index (χ0n) is 9.15. The highest BCUT2D eigenvalue weighted by atomic mass is 79.9. The predicted octanol–water partition coefficient (Wildman–Crippen LogP) is 3.15. The van der Waals surface area contributed by atoms with Gasteiger partial charge in [-0.2, -0.15) is 4.37 Å². The third-order valence-electron chi connectivity index (χ3n) is 2.19. The summed E-state index contributed by atoms with van der Waals surface area (Å²) in [6.07, 6.45) is 1.37. The number of nitrogens with one attached hydrogen (secondary N) is 1. The van der Waals surface area contributed by atoms with E-state index < -0.39 is 15.8 Å². The summed E-state index contributed by atoms with van der Waals surface area (Å²) in [5.41, 5.74) is 0.959. The van der Waals surface area contributed by atoms with Crippen molar-refractivity contribution in [1.29, 1.82) is 0 Å². The minimum absolute atomic E-state index is 0.319. The van der Waals surface area contributed by atoms with Crippen LogP contribution < -0.4 is 4.72 Å². The largest absolute Gasteiger partial charge is 0.277 e. The second kappa shape index (κ2) is 4.94. The molecule has 0 aliphatic heterocycles. The Labute approximate surface area is 116 Å². The molecular formula is C10H8BrFN2O2S2. The van der Waals surface area contributed by atoms with Crippen molar-refractivity contribution < 1.29 is 12.8 Å². The number of aryl methyl sites for hydroxylation is 1. The Morgan fingerprint density at radius 2 is 2.17 bits per heavy atom. The number of halogens is 2. The molecule has 0 saturated carbocycles. The number of benzene rings is 1. The van der Waals surface area contributed by atoms with Crippen molar-refractivity contribution in [3.63, 3.8) is 0 Å². The van der Waals surface area contributed by atoms with Crippen molar-refractivity contribution in [2.24, 2.45) is 0 Å². The number of nitrogens with zero attached hydrogens (tertiary/aromatic N) is 1. The summed E-state index contributed by atoms with van der Waals surface area (Å²) >= 11 is 4.25. The molecule has 0 bridgehead atoms. The van der Waals surface area contributed by atoms with Crippen molar-refractivity contribution in [3.8, 4) is 0 Å². The van der Waals surface area contributed by atoms with E-state index in [2.05, 4.69) is 25.0 Å². The molecule has 4 nitrogen and oxygen atoms in total. The molecule has 0 saturated heterocycles. The van der Waals surface area contributed by atoms with Gasteiger partial charge in [-0.3, -0.25) is 4.72 Å². The minimum Gasteiger partial charge on any atom is -0.277 e. The second-order valence-electron chi connectivity index (χ2n) is 3.55. The molecule has 1 heterocycles. The van der Waals surface area contributed by atoms with Crippen LogP contribution in [0.15, 0.2) is 33.1 Å². The van der Waals surface area contributed by atoms with Gasteiger partial charge in [-0.25, -0.2) is 12.8 Å². The van der Waals surface area contributed by atoms with Crippen LogP contribution in [0.4, 0.5) is 10.1 Å². The lowest BCUT2D eigenvalue weighted by Gasteiger charge is -2.08. The Morgan fingerprint density at radius 1 is 1.44 bits per heavy atom. The first-order valence-corrected chi connectivity index (χ1v) is 7.89. The van der Waals surface area contributed by atoms with E-state index in [0.717, 1.165) is 17.6 Å². The lowest BCUT2D eigenvalue weighted by atomic mass is 10.2. The van der Waals surface area contributed by atoms with Gasteiger partial charge in [-0.1, -0.05) is 15.9 Å². The van der Waals surface area contributed by atoms with E-state index in [-0.39, 0.29) is 4.90 Å². The van der Waals surface area contributed by atoms with Crippen LogP contribution >= 0.6 is 27.5 Å². The van der Waals surface area contributed by atoms with Gasteiger partial charge in [0, 0.05) is 9.85 Å². The average Bonchev–Trinajstić information content (AvgIpc) is 2.75. The number of rotatable bonds is 3. The molecule has 1 aromatic carbocycles. The van der Waals surface area contributed by atoms with Crippen LogP contribution in [0.5, 0.6) is 0 Å². The molecule has 0 unspecified atom stereocenters. The zero-order valence-corrected chi connectivity index (χ0v) is 12.4. The number of aromatic nitrogens is 1. The van der Waals surface area contributed by atoms with Crippen molar-refractivity contribution >= 4 is 43.2 Å². The van der Waals surface area contributed by atoms with Gasteiger partial charge in [-0.05, 0) is 36.2 Å². The Kier molecular flexibility index (Phi) is 3.69. The summed E-state index contributed by atoms with van der Waals surface area (Å²) < 4.78 is 44.2. The molecule has 96 valence electrons. The molecule has 1 aromatic heterocycles. The Morgan fingerprint density at radius 3 is 2.78 bits per heavy atom. The third-order valence-corrected chi connectivity index (χ3v) is 5.02. The van der Waals surface area contributed by atoms with Crippen molar-refractivity contribution in [3.05, 3.63) is 39.6 Å². The summed E-state index contributed by atoms with van der Waals surface area (Å²) in [7, 11) is -3.93. The van der Waals surface area contributed by atoms with Gasteiger partial charge in [0.1, 0.15) is 10.7 Å². The topological polar surface area (TPSA) is 59.1 Å². The van der Waals surface area contributed by atoms with E-state index >= 15 is 0 Å². The highest BCUT2D eigenvalue weighted by Crippen LogP contribution is 2.25. The third kappa shape index (κ3) is 2.70. The van der Waals surface area contributed by atoms with E-state index in [1.807, 2.05) is 0 Å². The Balaban J connectivity index is 2.44. The monoisotopic (exact) mass is 350 g/mol.